The van der Waals surface area contributed by atoms with Crippen LogP contribution >= 0.6 is 0 Å². The minimum atomic E-state index is -0.0623. The molecule has 6 nitrogen and oxygen atoms in total. The summed E-state index contributed by atoms with van der Waals surface area (Å²) in [6.07, 6.45) is 6.18. The van der Waals surface area contributed by atoms with Crippen LogP contribution in [-0.4, -0.2) is 41.3 Å². The maximum atomic E-state index is 12.5. The van der Waals surface area contributed by atoms with Crippen LogP contribution < -0.4 is 10.5 Å². The van der Waals surface area contributed by atoms with Crippen LogP contribution in [0.5, 0.6) is 0 Å². The van der Waals surface area contributed by atoms with E-state index < -0.39 is 0 Å². The van der Waals surface area contributed by atoms with Crippen molar-refractivity contribution in [3.8, 4) is 0 Å². The third kappa shape index (κ3) is 2.19. The van der Waals surface area contributed by atoms with Crippen molar-refractivity contribution in [1.29, 1.82) is 0 Å². The van der Waals surface area contributed by atoms with Gasteiger partial charge in [-0.05, 0) is 36.8 Å². The first-order valence-electron chi connectivity index (χ1n) is 7.56. The van der Waals surface area contributed by atoms with Gasteiger partial charge in [-0.1, -0.05) is 0 Å². The molecule has 0 unspecified atom stereocenters. The van der Waals surface area contributed by atoms with Crippen LogP contribution in [0.1, 0.15) is 24.0 Å². The molecular weight excluding hydrogens is 268 g/mol. The van der Waals surface area contributed by atoms with Crippen LogP contribution in [0.3, 0.4) is 0 Å². The molecule has 4 rings (SSSR count). The summed E-state index contributed by atoms with van der Waals surface area (Å²) in [5.74, 6) is 0.610. The Morgan fingerprint density at radius 2 is 2.00 bits per heavy atom. The molecule has 0 saturated carbocycles. The molecule has 3 heterocycles. The number of hydrogen-bond acceptors (Lipinski definition) is 5. The normalized spacial score (nSPS) is 18.8. The largest absolute Gasteiger partial charge is 0.378 e. The van der Waals surface area contributed by atoms with Crippen LogP contribution in [0.25, 0.3) is 11.0 Å². The van der Waals surface area contributed by atoms with Crippen molar-refractivity contribution in [3.05, 3.63) is 27.7 Å². The van der Waals surface area contributed by atoms with Crippen LogP contribution in [0.4, 0.5) is 5.95 Å². The van der Waals surface area contributed by atoms with E-state index in [4.69, 9.17) is 4.74 Å². The first-order chi connectivity index (χ1) is 10.3. The van der Waals surface area contributed by atoms with Gasteiger partial charge in [-0.3, -0.25) is 9.78 Å². The van der Waals surface area contributed by atoms with Crippen molar-refractivity contribution in [2.45, 2.75) is 25.7 Å². The summed E-state index contributed by atoms with van der Waals surface area (Å²) >= 11 is 0. The molecule has 0 amide bonds. The van der Waals surface area contributed by atoms with Crippen molar-refractivity contribution < 1.29 is 4.74 Å². The average molecular weight is 286 g/mol. The van der Waals surface area contributed by atoms with E-state index in [1.54, 1.807) is 0 Å². The van der Waals surface area contributed by atoms with Gasteiger partial charge in [0.05, 0.1) is 18.6 Å². The SMILES string of the molecule is O=c1[nH]c(N2CCOCC2)nc2ncc3c(c12)CCCC3. The highest BCUT2D eigenvalue weighted by molar-refractivity contribution is 5.80. The fraction of sp³-hybridized carbons (Fsp3) is 0.533. The van der Waals surface area contributed by atoms with Gasteiger partial charge in [-0.15, -0.1) is 0 Å². The number of hydrogen-bond donors (Lipinski definition) is 1. The molecule has 0 bridgehead atoms. The van der Waals surface area contributed by atoms with E-state index in [9.17, 15) is 4.79 Å². The van der Waals surface area contributed by atoms with E-state index in [-0.39, 0.29) is 5.56 Å². The molecule has 21 heavy (non-hydrogen) atoms. The topological polar surface area (TPSA) is 71.1 Å². The number of aryl methyl sites for hydroxylation is 2. The van der Waals surface area contributed by atoms with E-state index in [1.807, 2.05) is 11.1 Å². The van der Waals surface area contributed by atoms with Crippen LogP contribution in [0.15, 0.2) is 11.0 Å². The number of morpholine rings is 1. The van der Waals surface area contributed by atoms with Gasteiger partial charge < -0.3 is 9.64 Å². The number of fused-ring (bicyclic) bond motifs is 3. The summed E-state index contributed by atoms with van der Waals surface area (Å²) in [5.41, 5.74) is 2.86. The number of rotatable bonds is 1. The monoisotopic (exact) mass is 286 g/mol. The molecule has 2 aliphatic rings. The van der Waals surface area contributed by atoms with Crippen molar-refractivity contribution in [3.63, 3.8) is 0 Å². The summed E-state index contributed by atoms with van der Waals surface area (Å²) in [6, 6.07) is 0. The molecule has 0 radical (unpaired) electrons. The summed E-state index contributed by atoms with van der Waals surface area (Å²) in [6.45, 7) is 2.83. The highest BCUT2D eigenvalue weighted by Gasteiger charge is 2.19. The van der Waals surface area contributed by atoms with Gasteiger partial charge in [0.2, 0.25) is 5.95 Å². The molecule has 6 heteroatoms. The Morgan fingerprint density at radius 3 is 2.86 bits per heavy atom. The third-order valence-electron chi connectivity index (χ3n) is 4.35. The Labute approximate surface area is 122 Å². The quantitative estimate of drug-likeness (QED) is 0.848. The van der Waals surface area contributed by atoms with E-state index >= 15 is 0 Å². The Balaban J connectivity index is 1.85. The van der Waals surface area contributed by atoms with Gasteiger partial charge in [0.1, 0.15) is 0 Å². The van der Waals surface area contributed by atoms with E-state index in [0.29, 0.717) is 30.2 Å². The van der Waals surface area contributed by atoms with E-state index in [2.05, 4.69) is 15.0 Å². The lowest BCUT2D eigenvalue weighted by atomic mass is 9.91. The molecule has 2 aromatic heterocycles. The second-order valence-corrected chi connectivity index (χ2v) is 5.66. The maximum absolute atomic E-state index is 12.5. The van der Waals surface area contributed by atoms with Crippen LogP contribution in [0.2, 0.25) is 0 Å². The number of aromatic amines is 1. The number of pyridine rings is 1. The Kier molecular flexibility index (Phi) is 3.11. The Bertz CT molecular complexity index is 734. The molecule has 2 aromatic rings. The molecule has 0 spiro atoms. The summed E-state index contributed by atoms with van der Waals surface area (Å²) in [4.78, 5) is 26.5. The molecule has 1 saturated heterocycles. The number of H-pyrrole nitrogens is 1. The lowest BCUT2D eigenvalue weighted by Gasteiger charge is -2.27. The minimum Gasteiger partial charge on any atom is -0.378 e. The van der Waals surface area contributed by atoms with Crippen molar-refractivity contribution in [2.75, 3.05) is 31.2 Å². The molecule has 110 valence electrons. The first-order valence-corrected chi connectivity index (χ1v) is 7.56. The smallest absolute Gasteiger partial charge is 0.262 e. The van der Waals surface area contributed by atoms with Crippen molar-refractivity contribution in [1.82, 2.24) is 15.0 Å². The van der Waals surface area contributed by atoms with Gasteiger partial charge in [0.25, 0.3) is 5.56 Å². The molecular formula is C15H18N4O2. The fourth-order valence-electron chi connectivity index (χ4n) is 3.24. The average Bonchev–Trinajstić information content (AvgIpc) is 2.55. The molecule has 1 aliphatic heterocycles. The predicted octanol–water partition coefficient (Wildman–Crippen LogP) is 1.03. The summed E-state index contributed by atoms with van der Waals surface area (Å²) < 4.78 is 5.34. The molecule has 1 aliphatic carbocycles. The van der Waals surface area contributed by atoms with Gasteiger partial charge in [0.15, 0.2) is 5.65 Å². The number of ether oxygens (including phenoxy) is 1. The predicted molar refractivity (Wildman–Crippen MR) is 79.8 cm³/mol. The van der Waals surface area contributed by atoms with Crippen molar-refractivity contribution in [2.24, 2.45) is 0 Å². The highest BCUT2D eigenvalue weighted by atomic mass is 16.5. The lowest BCUT2D eigenvalue weighted by molar-refractivity contribution is 0.122. The second kappa shape index (κ2) is 5.11. The van der Waals surface area contributed by atoms with Crippen LogP contribution in [0, 0.1) is 0 Å². The summed E-state index contributed by atoms with van der Waals surface area (Å²) in [7, 11) is 0. The zero-order valence-electron chi connectivity index (χ0n) is 11.9. The molecule has 1 N–H and O–H groups in total. The Morgan fingerprint density at radius 1 is 1.19 bits per heavy atom. The van der Waals surface area contributed by atoms with Gasteiger partial charge in [-0.25, -0.2) is 4.98 Å². The summed E-state index contributed by atoms with van der Waals surface area (Å²) in [5, 5.41) is 0.684. The number of anilines is 1. The zero-order valence-corrected chi connectivity index (χ0v) is 11.9. The molecule has 0 aromatic carbocycles. The zero-order chi connectivity index (χ0) is 14.2. The molecule has 0 atom stereocenters. The van der Waals surface area contributed by atoms with Crippen molar-refractivity contribution >= 4 is 17.0 Å². The highest BCUT2D eigenvalue weighted by Crippen LogP contribution is 2.25. The van der Waals surface area contributed by atoms with E-state index in [1.165, 1.54) is 12.0 Å². The fourth-order valence-corrected chi connectivity index (χ4v) is 3.24. The number of nitrogens with one attached hydrogen (secondary N) is 1. The van der Waals surface area contributed by atoms with Gasteiger partial charge in [-0.2, -0.15) is 4.98 Å². The van der Waals surface area contributed by atoms with Gasteiger partial charge >= 0.3 is 0 Å². The van der Waals surface area contributed by atoms with Gasteiger partial charge in [0, 0.05) is 19.3 Å². The standard InChI is InChI=1S/C15H18N4O2/c20-14-12-11-4-2-1-3-10(11)9-16-13(12)17-15(18-14)19-5-7-21-8-6-19/h9H,1-8H2,(H,16,17,18,20). The number of aromatic nitrogens is 3. The lowest BCUT2D eigenvalue weighted by Crippen LogP contribution is -2.38. The Hall–Kier alpha value is -1.95. The minimum absolute atomic E-state index is 0.0623. The van der Waals surface area contributed by atoms with Crippen LogP contribution in [-0.2, 0) is 17.6 Å². The third-order valence-corrected chi connectivity index (χ3v) is 4.35. The number of nitrogens with zero attached hydrogens (tertiary/aromatic N) is 3. The first kappa shape index (κ1) is 12.8. The maximum Gasteiger partial charge on any atom is 0.262 e. The second-order valence-electron chi connectivity index (χ2n) is 5.66. The van der Waals surface area contributed by atoms with E-state index in [0.717, 1.165) is 37.9 Å². The molecule has 1 fully saturated rings.